The second-order valence-corrected chi connectivity index (χ2v) is 7.08. The molecule has 1 spiro atoms. The number of hydrogen-bond acceptors (Lipinski definition) is 5. The summed E-state index contributed by atoms with van der Waals surface area (Å²) in [4.78, 5) is 10.2. The highest BCUT2D eigenvalue weighted by molar-refractivity contribution is 8.14. The van der Waals surface area contributed by atoms with E-state index in [1.807, 2.05) is 18.0 Å². The minimum absolute atomic E-state index is 0.237. The monoisotopic (exact) mass is 283 g/mol. The highest BCUT2D eigenvalue weighted by Gasteiger charge is 2.38. The van der Waals surface area contributed by atoms with Gasteiger partial charge < -0.3 is 10.1 Å². The average Bonchev–Trinajstić information content (AvgIpc) is 2.96. The van der Waals surface area contributed by atoms with Gasteiger partial charge in [-0.3, -0.25) is 4.99 Å². The Morgan fingerprint density at radius 2 is 2.33 bits per heavy atom. The van der Waals surface area contributed by atoms with Gasteiger partial charge in [0, 0.05) is 30.0 Å². The van der Waals surface area contributed by atoms with E-state index < -0.39 is 0 Å². The number of aromatic nitrogens is 1. The highest BCUT2D eigenvalue weighted by atomic mass is 32.2. The molecule has 1 aromatic heterocycles. The van der Waals surface area contributed by atoms with E-state index in [9.17, 15) is 0 Å². The Hall–Kier alpha value is -0.590. The zero-order chi connectivity index (χ0) is 12.4. The van der Waals surface area contributed by atoms with Gasteiger partial charge in [0.1, 0.15) is 5.01 Å². The van der Waals surface area contributed by atoms with Crippen LogP contribution in [0.2, 0.25) is 0 Å². The van der Waals surface area contributed by atoms with Gasteiger partial charge in [-0.2, -0.15) is 0 Å². The number of rotatable bonds is 2. The molecule has 2 fully saturated rings. The van der Waals surface area contributed by atoms with Crippen LogP contribution in [0.5, 0.6) is 0 Å². The van der Waals surface area contributed by atoms with Crippen LogP contribution in [0, 0.1) is 6.92 Å². The molecule has 98 valence electrons. The lowest BCUT2D eigenvalue weighted by atomic mass is 9.93. The second kappa shape index (κ2) is 5.19. The molecule has 1 aromatic rings. The lowest BCUT2D eigenvalue weighted by Crippen LogP contribution is -2.48. The standard InChI is InChI=1S/C12H17N3OS2/c1-9-6-13-10(18-9)7-14-11-15-12(8-17-11)2-4-16-5-3-12/h6H,2-5,7-8H2,1H3,(H,14,15). The molecule has 0 amide bonds. The molecule has 2 aliphatic rings. The predicted octanol–water partition coefficient (Wildman–Crippen LogP) is 2.19. The van der Waals surface area contributed by atoms with Crippen LogP contribution < -0.4 is 5.32 Å². The topological polar surface area (TPSA) is 46.5 Å². The molecular formula is C12H17N3OS2. The summed E-state index contributed by atoms with van der Waals surface area (Å²) in [5, 5.41) is 5.76. The van der Waals surface area contributed by atoms with Crippen molar-refractivity contribution in [2.75, 3.05) is 19.0 Å². The number of nitrogens with one attached hydrogen (secondary N) is 1. The molecule has 0 bridgehead atoms. The van der Waals surface area contributed by atoms with E-state index in [1.54, 1.807) is 11.3 Å². The molecule has 1 N–H and O–H groups in total. The molecule has 18 heavy (non-hydrogen) atoms. The number of thiazole rings is 1. The third-order valence-corrected chi connectivity index (χ3v) is 5.43. The first-order chi connectivity index (χ1) is 8.76. The Balaban J connectivity index is 1.61. The Labute approximate surface area is 115 Å². The molecule has 2 aliphatic heterocycles. The van der Waals surface area contributed by atoms with Crippen LogP contribution in [-0.2, 0) is 11.3 Å². The molecule has 0 aromatic carbocycles. The maximum atomic E-state index is 5.43. The van der Waals surface area contributed by atoms with Crippen LogP contribution in [0.25, 0.3) is 0 Å². The first-order valence-electron chi connectivity index (χ1n) is 6.20. The fraction of sp³-hybridized carbons (Fsp3) is 0.667. The Morgan fingerprint density at radius 3 is 3.06 bits per heavy atom. The number of thioether (sulfide) groups is 1. The maximum absolute atomic E-state index is 5.43. The first-order valence-corrected chi connectivity index (χ1v) is 8.01. The van der Waals surface area contributed by atoms with E-state index in [1.165, 1.54) is 4.88 Å². The number of ether oxygens (including phenoxy) is 1. The van der Waals surface area contributed by atoms with Gasteiger partial charge in [-0.05, 0) is 19.8 Å². The summed E-state index contributed by atoms with van der Waals surface area (Å²) in [5.41, 5.74) is 0.237. The summed E-state index contributed by atoms with van der Waals surface area (Å²) in [6.45, 7) is 4.51. The zero-order valence-electron chi connectivity index (χ0n) is 10.4. The van der Waals surface area contributed by atoms with Crippen LogP contribution >= 0.6 is 23.1 Å². The molecule has 0 atom stereocenters. The van der Waals surface area contributed by atoms with Crippen molar-refractivity contribution in [1.82, 2.24) is 10.3 Å². The van der Waals surface area contributed by atoms with Crippen molar-refractivity contribution in [2.45, 2.75) is 31.8 Å². The van der Waals surface area contributed by atoms with Crippen LogP contribution in [0.3, 0.4) is 0 Å². The smallest absolute Gasteiger partial charge is 0.157 e. The number of hydrogen-bond donors (Lipinski definition) is 1. The first kappa shape index (κ1) is 12.4. The van der Waals surface area contributed by atoms with E-state index >= 15 is 0 Å². The van der Waals surface area contributed by atoms with Gasteiger partial charge in [-0.25, -0.2) is 4.98 Å². The molecule has 0 unspecified atom stereocenters. The number of amidine groups is 1. The summed E-state index contributed by atoms with van der Waals surface area (Å²) in [7, 11) is 0. The molecule has 0 radical (unpaired) electrons. The van der Waals surface area contributed by atoms with Crippen molar-refractivity contribution in [3.8, 4) is 0 Å². The van der Waals surface area contributed by atoms with Gasteiger partial charge in [0.2, 0.25) is 0 Å². The Bertz CT molecular complexity index is 452. The summed E-state index contributed by atoms with van der Waals surface area (Å²) >= 11 is 3.56. The molecule has 4 nitrogen and oxygen atoms in total. The third kappa shape index (κ3) is 2.70. The number of aliphatic imine (C=N–C) groups is 1. The SMILES string of the molecule is Cc1cnc(CN=C2NC3(CCOCC3)CS2)s1. The zero-order valence-corrected chi connectivity index (χ0v) is 12.1. The van der Waals surface area contributed by atoms with Crippen molar-refractivity contribution in [2.24, 2.45) is 4.99 Å². The van der Waals surface area contributed by atoms with Crippen molar-refractivity contribution in [3.63, 3.8) is 0 Å². The summed E-state index contributed by atoms with van der Waals surface area (Å²) in [6, 6.07) is 0. The normalized spacial score (nSPS) is 24.6. The minimum atomic E-state index is 0.237. The van der Waals surface area contributed by atoms with E-state index in [4.69, 9.17) is 4.74 Å². The quantitative estimate of drug-likeness (QED) is 0.904. The fourth-order valence-corrected chi connectivity index (χ4v) is 4.17. The predicted molar refractivity (Wildman–Crippen MR) is 76.4 cm³/mol. The highest BCUT2D eigenvalue weighted by Crippen LogP contribution is 2.31. The Kier molecular flexibility index (Phi) is 3.59. The van der Waals surface area contributed by atoms with E-state index in [-0.39, 0.29) is 5.54 Å². The molecule has 0 aliphatic carbocycles. The maximum Gasteiger partial charge on any atom is 0.157 e. The molecular weight excluding hydrogens is 266 g/mol. The van der Waals surface area contributed by atoms with Gasteiger partial charge in [0.15, 0.2) is 5.17 Å². The number of aryl methyl sites for hydroxylation is 1. The van der Waals surface area contributed by atoms with E-state index in [0.29, 0.717) is 6.54 Å². The van der Waals surface area contributed by atoms with Gasteiger partial charge in [0.05, 0.1) is 12.1 Å². The van der Waals surface area contributed by atoms with Crippen LogP contribution in [0.1, 0.15) is 22.7 Å². The average molecular weight is 283 g/mol. The lowest BCUT2D eigenvalue weighted by Gasteiger charge is -2.32. The molecule has 6 heteroatoms. The van der Waals surface area contributed by atoms with Gasteiger partial charge >= 0.3 is 0 Å². The Morgan fingerprint density at radius 1 is 1.50 bits per heavy atom. The van der Waals surface area contributed by atoms with E-state index in [0.717, 1.165) is 42.0 Å². The van der Waals surface area contributed by atoms with Gasteiger partial charge in [-0.15, -0.1) is 11.3 Å². The second-order valence-electron chi connectivity index (χ2n) is 4.79. The number of nitrogens with zero attached hydrogens (tertiary/aromatic N) is 2. The van der Waals surface area contributed by atoms with Crippen molar-refractivity contribution >= 4 is 28.3 Å². The van der Waals surface area contributed by atoms with Gasteiger partial charge in [-0.1, -0.05) is 11.8 Å². The van der Waals surface area contributed by atoms with Crippen molar-refractivity contribution in [1.29, 1.82) is 0 Å². The van der Waals surface area contributed by atoms with Crippen molar-refractivity contribution in [3.05, 3.63) is 16.1 Å². The molecule has 2 saturated heterocycles. The van der Waals surface area contributed by atoms with Crippen LogP contribution in [0.15, 0.2) is 11.2 Å². The molecule has 0 saturated carbocycles. The summed E-state index contributed by atoms with van der Waals surface area (Å²) in [6.07, 6.45) is 4.10. The van der Waals surface area contributed by atoms with Crippen molar-refractivity contribution < 1.29 is 4.74 Å². The van der Waals surface area contributed by atoms with Gasteiger partial charge in [0.25, 0.3) is 0 Å². The molecule has 3 rings (SSSR count). The van der Waals surface area contributed by atoms with E-state index in [2.05, 4.69) is 22.2 Å². The summed E-state index contributed by atoms with van der Waals surface area (Å²) < 4.78 is 5.43. The lowest BCUT2D eigenvalue weighted by molar-refractivity contribution is 0.0555. The third-order valence-electron chi connectivity index (χ3n) is 3.33. The van der Waals surface area contributed by atoms with Crippen LogP contribution in [-0.4, -0.2) is 34.7 Å². The minimum Gasteiger partial charge on any atom is -0.381 e. The molecule has 3 heterocycles. The van der Waals surface area contributed by atoms with Crippen LogP contribution in [0.4, 0.5) is 0 Å². The largest absolute Gasteiger partial charge is 0.381 e. The fourth-order valence-electron chi connectivity index (χ4n) is 2.24. The summed E-state index contributed by atoms with van der Waals surface area (Å²) in [5.74, 6) is 1.12.